The lowest BCUT2D eigenvalue weighted by Gasteiger charge is -2.13. The van der Waals surface area contributed by atoms with Crippen LogP contribution in [0.4, 0.5) is 0 Å². The van der Waals surface area contributed by atoms with E-state index in [1.807, 2.05) is 53.1 Å². The maximum atomic E-state index is 9.70. The van der Waals surface area contributed by atoms with Crippen molar-refractivity contribution in [1.29, 1.82) is 5.26 Å². The van der Waals surface area contributed by atoms with E-state index in [1.165, 1.54) is 0 Å². The van der Waals surface area contributed by atoms with Crippen molar-refractivity contribution in [3.8, 4) is 11.8 Å². The van der Waals surface area contributed by atoms with Crippen molar-refractivity contribution in [3.63, 3.8) is 0 Å². The summed E-state index contributed by atoms with van der Waals surface area (Å²) in [4.78, 5) is 4.40. The number of allylic oxidation sites excluding steroid dienone is 1. The third-order valence-electron chi connectivity index (χ3n) is 4.76. The van der Waals surface area contributed by atoms with E-state index >= 15 is 0 Å². The molecular weight excluding hydrogens is 671 g/mol. The highest BCUT2D eigenvalue weighted by Gasteiger charge is 2.11. The molecular formula is C24H15Cl2I2N3O. The molecule has 0 bridgehead atoms. The molecule has 4 rings (SSSR count). The van der Waals surface area contributed by atoms with Gasteiger partial charge in [-0.1, -0.05) is 41.4 Å². The van der Waals surface area contributed by atoms with E-state index < -0.39 is 0 Å². The zero-order valence-electron chi connectivity index (χ0n) is 16.5. The Kier molecular flexibility index (Phi) is 7.61. The van der Waals surface area contributed by atoms with Gasteiger partial charge in [-0.25, -0.2) is 4.98 Å². The molecule has 0 fully saturated rings. The standard InChI is InChI=1S/C24H15Cl2I2N3O/c25-18-6-5-17(19(26)10-18)13-32-24-20(27)8-15(9-21(24)28)7-16(11-29)12-31-14-30-22-3-1-2-4-23(22)31/h1-10,14H,12-13H2/b16-7-. The Morgan fingerprint density at radius 2 is 1.84 bits per heavy atom. The van der Waals surface area contributed by atoms with Crippen LogP contribution in [0.15, 0.2) is 66.5 Å². The highest BCUT2D eigenvalue weighted by atomic mass is 127. The monoisotopic (exact) mass is 685 g/mol. The Morgan fingerprint density at radius 3 is 2.56 bits per heavy atom. The number of benzene rings is 3. The summed E-state index contributed by atoms with van der Waals surface area (Å²) in [5, 5.41) is 10.9. The van der Waals surface area contributed by atoms with Crippen LogP contribution < -0.4 is 4.74 Å². The summed E-state index contributed by atoms with van der Waals surface area (Å²) in [5.74, 6) is 0.786. The summed E-state index contributed by atoms with van der Waals surface area (Å²) in [7, 11) is 0. The SMILES string of the molecule is N#C/C(=C/c1cc(I)c(OCc2ccc(Cl)cc2Cl)c(I)c1)Cn1cnc2ccccc21. The molecule has 0 unspecified atom stereocenters. The van der Waals surface area contributed by atoms with Crippen molar-refractivity contribution in [3.05, 3.63) is 94.8 Å². The van der Waals surface area contributed by atoms with E-state index in [-0.39, 0.29) is 0 Å². The molecule has 4 aromatic rings. The molecule has 3 aromatic carbocycles. The molecule has 0 amide bonds. The predicted molar refractivity (Wildman–Crippen MR) is 146 cm³/mol. The molecule has 1 aromatic heterocycles. The van der Waals surface area contributed by atoms with Crippen LogP contribution in [0, 0.1) is 18.5 Å². The van der Waals surface area contributed by atoms with Crippen LogP contribution in [0.2, 0.25) is 10.0 Å². The molecule has 1 heterocycles. The minimum Gasteiger partial charge on any atom is -0.487 e. The third kappa shape index (κ3) is 5.39. The van der Waals surface area contributed by atoms with Crippen LogP contribution in [0.3, 0.4) is 0 Å². The molecule has 0 saturated heterocycles. The largest absolute Gasteiger partial charge is 0.487 e. The maximum Gasteiger partial charge on any atom is 0.146 e. The lowest BCUT2D eigenvalue weighted by Crippen LogP contribution is -2.01. The van der Waals surface area contributed by atoms with Crippen LogP contribution in [0.1, 0.15) is 11.1 Å². The third-order valence-corrected chi connectivity index (χ3v) is 6.95. The normalized spacial score (nSPS) is 11.5. The highest BCUT2D eigenvalue weighted by Crippen LogP contribution is 2.31. The number of nitriles is 1. The van der Waals surface area contributed by atoms with Gasteiger partial charge in [0, 0.05) is 21.2 Å². The fourth-order valence-corrected chi connectivity index (χ4v) is 5.81. The average Bonchev–Trinajstić information content (AvgIpc) is 3.17. The Morgan fingerprint density at radius 1 is 1.09 bits per heavy atom. The second kappa shape index (κ2) is 10.4. The van der Waals surface area contributed by atoms with E-state index in [0.717, 1.165) is 35.1 Å². The molecule has 4 nitrogen and oxygen atoms in total. The van der Waals surface area contributed by atoms with E-state index in [0.29, 0.717) is 28.8 Å². The molecule has 0 saturated carbocycles. The lowest BCUT2D eigenvalue weighted by atomic mass is 10.1. The summed E-state index contributed by atoms with van der Waals surface area (Å²) in [6.07, 6.45) is 3.67. The highest BCUT2D eigenvalue weighted by molar-refractivity contribution is 14.1. The molecule has 0 spiro atoms. The van der Waals surface area contributed by atoms with Crippen molar-refractivity contribution in [2.75, 3.05) is 0 Å². The average molecular weight is 686 g/mol. The fourth-order valence-electron chi connectivity index (χ4n) is 3.22. The van der Waals surface area contributed by atoms with Crippen molar-refractivity contribution in [2.24, 2.45) is 0 Å². The van der Waals surface area contributed by atoms with Crippen molar-refractivity contribution < 1.29 is 4.74 Å². The Bertz CT molecular complexity index is 1350. The van der Waals surface area contributed by atoms with Crippen LogP contribution in [0.25, 0.3) is 17.1 Å². The summed E-state index contributed by atoms with van der Waals surface area (Å²) in [6.45, 7) is 0.797. The molecule has 0 aliphatic heterocycles. The second-order valence-electron chi connectivity index (χ2n) is 6.98. The molecule has 32 heavy (non-hydrogen) atoms. The molecule has 0 N–H and O–H groups in total. The number of rotatable bonds is 6. The Balaban J connectivity index is 1.54. The number of ether oxygens (including phenoxy) is 1. The van der Waals surface area contributed by atoms with Crippen LogP contribution in [-0.2, 0) is 13.2 Å². The Labute approximate surface area is 223 Å². The van der Waals surface area contributed by atoms with Gasteiger partial charge in [0.1, 0.15) is 12.4 Å². The molecule has 0 radical (unpaired) electrons. The topological polar surface area (TPSA) is 50.8 Å². The van der Waals surface area contributed by atoms with Crippen LogP contribution in [0.5, 0.6) is 5.75 Å². The smallest absolute Gasteiger partial charge is 0.146 e. The number of fused-ring (bicyclic) bond motifs is 1. The summed E-state index contributed by atoms with van der Waals surface area (Å²) in [6, 6.07) is 19.6. The lowest BCUT2D eigenvalue weighted by molar-refractivity contribution is 0.302. The number of nitrogens with zero attached hydrogens (tertiary/aromatic N) is 3. The van der Waals surface area contributed by atoms with Crippen molar-refractivity contribution in [2.45, 2.75) is 13.2 Å². The van der Waals surface area contributed by atoms with Gasteiger partial charge in [-0.15, -0.1) is 0 Å². The van der Waals surface area contributed by atoms with Gasteiger partial charge < -0.3 is 9.30 Å². The molecule has 0 aliphatic rings. The van der Waals surface area contributed by atoms with Gasteiger partial charge in [0.15, 0.2) is 0 Å². The van der Waals surface area contributed by atoms with E-state index in [1.54, 1.807) is 18.5 Å². The summed E-state index contributed by atoms with van der Waals surface area (Å²) >= 11 is 16.7. The molecule has 160 valence electrons. The van der Waals surface area contributed by atoms with Gasteiger partial charge in [0.05, 0.1) is 37.1 Å². The first-order valence-electron chi connectivity index (χ1n) is 9.51. The molecule has 0 atom stereocenters. The zero-order valence-corrected chi connectivity index (χ0v) is 22.4. The maximum absolute atomic E-state index is 9.70. The van der Waals surface area contributed by atoms with Gasteiger partial charge in [-0.05, 0) is 93.2 Å². The molecule has 8 heteroatoms. The predicted octanol–water partition coefficient (Wildman–Crippen LogP) is 7.74. The Hall–Kier alpha value is -1.80. The van der Waals surface area contributed by atoms with Gasteiger partial charge in [-0.3, -0.25) is 0 Å². The fraction of sp³-hybridized carbons (Fsp3) is 0.0833. The first kappa shape index (κ1) is 23.4. The first-order chi connectivity index (χ1) is 15.4. The number of aromatic nitrogens is 2. The van der Waals surface area contributed by atoms with E-state index in [4.69, 9.17) is 27.9 Å². The summed E-state index contributed by atoms with van der Waals surface area (Å²) < 4.78 is 9.94. The minimum absolute atomic E-state index is 0.342. The number of para-hydroxylation sites is 2. The second-order valence-corrected chi connectivity index (χ2v) is 10.1. The van der Waals surface area contributed by atoms with Crippen molar-refractivity contribution >= 4 is 85.5 Å². The van der Waals surface area contributed by atoms with Gasteiger partial charge in [0.2, 0.25) is 0 Å². The number of hydrogen-bond acceptors (Lipinski definition) is 3. The number of hydrogen-bond donors (Lipinski definition) is 0. The first-order valence-corrected chi connectivity index (χ1v) is 12.4. The number of imidazole rings is 1. The van der Waals surface area contributed by atoms with Gasteiger partial charge >= 0.3 is 0 Å². The number of halogens is 4. The quantitative estimate of drug-likeness (QED) is 0.154. The van der Waals surface area contributed by atoms with E-state index in [2.05, 4.69) is 56.2 Å². The van der Waals surface area contributed by atoms with E-state index in [9.17, 15) is 5.26 Å². The van der Waals surface area contributed by atoms with Crippen molar-refractivity contribution in [1.82, 2.24) is 9.55 Å². The zero-order chi connectivity index (χ0) is 22.7. The minimum atomic E-state index is 0.342. The van der Waals surface area contributed by atoms with Crippen LogP contribution >= 0.6 is 68.4 Å². The van der Waals surface area contributed by atoms with Gasteiger partial charge in [0.25, 0.3) is 0 Å². The molecule has 0 aliphatic carbocycles. The summed E-state index contributed by atoms with van der Waals surface area (Å²) in [5.41, 5.74) is 4.36. The van der Waals surface area contributed by atoms with Gasteiger partial charge in [-0.2, -0.15) is 5.26 Å². The van der Waals surface area contributed by atoms with Crippen LogP contribution in [-0.4, -0.2) is 9.55 Å².